The third-order valence-corrected chi connectivity index (χ3v) is 7.01. The number of piperidine rings is 1. The van der Waals surface area contributed by atoms with Gasteiger partial charge in [-0.05, 0) is 67.8 Å². The molecule has 4 rings (SSSR count). The van der Waals surface area contributed by atoms with E-state index in [4.69, 9.17) is 23.2 Å². The summed E-state index contributed by atoms with van der Waals surface area (Å²) in [5.74, 6) is 0. The molecule has 2 aromatic rings. The van der Waals surface area contributed by atoms with Crippen LogP contribution in [0.5, 0.6) is 0 Å². The van der Waals surface area contributed by atoms with Crippen LogP contribution >= 0.6 is 23.2 Å². The van der Waals surface area contributed by atoms with Gasteiger partial charge in [0.2, 0.25) is 0 Å². The lowest BCUT2D eigenvalue weighted by atomic mass is 9.62. The monoisotopic (exact) mass is 432 g/mol. The molecule has 2 amide bonds. The molecule has 7 heteroatoms. The van der Waals surface area contributed by atoms with Crippen molar-refractivity contribution in [2.75, 3.05) is 18.0 Å². The molecule has 2 aliphatic heterocycles. The molecule has 1 aromatic heterocycles. The van der Waals surface area contributed by atoms with Gasteiger partial charge < -0.3 is 10.6 Å². The summed E-state index contributed by atoms with van der Waals surface area (Å²) < 4.78 is 0. The van der Waals surface area contributed by atoms with Gasteiger partial charge in [-0.3, -0.25) is 4.90 Å². The maximum atomic E-state index is 13.5. The number of benzene rings is 1. The molecule has 2 N–H and O–H groups in total. The van der Waals surface area contributed by atoms with Crippen molar-refractivity contribution in [1.82, 2.24) is 15.6 Å². The molecule has 1 saturated heterocycles. The van der Waals surface area contributed by atoms with Crippen LogP contribution in [0.1, 0.15) is 44.2 Å². The number of halogens is 2. The number of nitrogens with one attached hydrogen (secondary N) is 2. The third-order valence-electron chi connectivity index (χ3n) is 6.57. The molecule has 0 spiro atoms. The number of pyridine rings is 1. The first-order valence-corrected chi connectivity index (χ1v) is 10.9. The molecular formula is C22H26Cl2N4O. The van der Waals surface area contributed by atoms with E-state index in [0.717, 1.165) is 43.6 Å². The summed E-state index contributed by atoms with van der Waals surface area (Å²) in [5.41, 5.74) is 2.57. The molecule has 0 bridgehead atoms. The summed E-state index contributed by atoms with van der Waals surface area (Å²) in [7, 11) is 0. The first kappa shape index (κ1) is 20.5. The van der Waals surface area contributed by atoms with Gasteiger partial charge in [0, 0.05) is 29.7 Å². The Morgan fingerprint density at radius 2 is 2.14 bits per heavy atom. The third kappa shape index (κ3) is 3.29. The number of aromatic nitrogens is 1. The Kier molecular flexibility index (Phi) is 5.49. The van der Waals surface area contributed by atoms with Crippen LogP contribution < -0.4 is 15.5 Å². The second kappa shape index (κ2) is 7.78. The Morgan fingerprint density at radius 1 is 1.31 bits per heavy atom. The number of nitrogens with zero attached hydrogens (tertiary/aromatic N) is 2. The van der Waals surface area contributed by atoms with Crippen molar-refractivity contribution in [2.45, 2.75) is 50.6 Å². The Labute approximate surface area is 181 Å². The van der Waals surface area contributed by atoms with Crippen LogP contribution in [-0.4, -0.2) is 29.6 Å². The maximum absolute atomic E-state index is 13.5. The van der Waals surface area contributed by atoms with Crippen LogP contribution in [0.3, 0.4) is 0 Å². The molecule has 0 radical (unpaired) electrons. The highest BCUT2D eigenvalue weighted by Gasteiger charge is 2.61. The van der Waals surface area contributed by atoms with Crippen LogP contribution in [0, 0.1) is 0 Å². The fourth-order valence-electron chi connectivity index (χ4n) is 5.19. The largest absolute Gasteiger partial charge is 0.334 e. The summed E-state index contributed by atoms with van der Waals surface area (Å²) in [6, 6.07) is 9.45. The number of carbonyl (C=O) groups is 1. The number of carbonyl (C=O) groups excluding carboxylic acids is 1. The lowest BCUT2D eigenvalue weighted by Crippen LogP contribution is -2.66. The van der Waals surface area contributed by atoms with Gasteiger partial charge in [0.25, 0.3) is 0 Å². The fraction of sp³-hybridized carbons (Fsp3) is 0.455. The normalized spacial score (nSPS) is 25.4. The maximum Gasteiger partial charge on any atom is 0.322 e. The van der Waals surface area contributed by atoms with E-state index < -0.39 is 0 Å². The molecule has 1 aromatic carbocycles. The van der Waals surface area contributed by atoms with Gasteiger partial charge >= 0.3 is 6.03 Å². The first-order chi connectivity index (χ1) is 13.9. The molecule has 5 nitrogen and oxygen atoms in total. The van der Waals surface area contributed by atoms with Gasteiger partial charge in [-0.15, -0.1) is 0 Å². The van der Waals surface area contributed by atoms with Crippen molar-refractivity contribution in [2.24, 2.45) is 0 Å². The van der Waals surface area contributed by atoms with Crippen LogP contribution in [0.4, 0.5) is 10.5 Å². The fourth-order valence-corrected chi connectivity index (χ4v) is 5.56. The molecule has 154 valence electrons. The van der Waals surface area contributed by atoms with Crippen molar-refractivity contribution in [3.8, 4) is 0 Å². The number of amides is 2. The number of hydrogen-bond acceptors (Lipinski definition) is 3. The molecule has 3 heterocycles. The Bertz CT molecular complexity index is 933. The van der Waals surface area contributed by atoms with Gasteiger partial charge in [0.05, 0.1) is 11.2 Å². The zero-order valence-corrected chi connectivity index (χ0v) is 18.3. The van der Waals surface area contributed by atoms with Crippen LogP contribution in [0.2, 0.25) is 10.2 Å². The van der Waals surface area contributed by atoms with E-state index in [2.05, 4.69) is 29.5 Å². The minimum atomic E-state index is -0.318. The Balaban J connectivity index is 1.71. The van der Waals surface area contributed by atoms with E-state index in [1.807, 2.05) is 29.2 Å². The quantitative estimate of drug-likeness (QED) is 0.674. The highest BCUT2D eigenvalue weighted by molar-refractivity contribution is 6.30. The Hall–Kier alpha value is -1.82. The predicted octanol–water partition coefficient (Wildman–Crippen LogP) is 4.91. The van der Waals surface area contributed by atoms with Gasteiger partial charge in [-0.25, -0.2) is 9.78 Å². The number of urea groups is 1. The highest BCUT2D eigenvalue weighted by Crippen LogP contribution is 2.57. The smallest absolute Gasteiger partial charge is 0.322 e. The van der Waals surface area contributed by atoms with E-state index in [1.165, 1.54) is 5.56 Å². The minimum Gasteiger partial charge on any atom is -0.334 e. The van der Waals surface area contributed by atoms with E-state index in [-0.39, 0.29) is 17.0 Å². The summed E-state index contributed by atoms with van der Waals surface area (Å²) in [4.78, 5) is 19.4. The van der Waals surface area contributed by atoms with Crippen LogP contribution in [0.25, 0.3) is 0 Å². The second-order valence-electron chi connectivity index (χ2n) is 8.18. The molecule has 2 unspecified atom stereocenters. The van der Waals surface area contributed by atoms with Gasteiger partial charge in [0.1, 0.15) is 5.15 Å². The van der Waals surface area contributed by atoms with E-state index in [1.54, 1.807) is 12.3 Å². The SMILES string of the molecule is CCCC12CNCCC1(C)N(C(=O)NCc1ccnc(Cl)c1)c1ccc(Cl)cc12. The van der Waals surface area contributed by atoms with Crippen molar-refractivity contribution < 1.29 is 4.79 Å². The molecular weight excluding hydrogens is 407 g/mol. The number of rotatable bonds is 4. The van der Waals surface area contributed by atoms with Gasteiger partial charge in [0.15, 0.2) is 0 Å². The highest BCUT2D eigenvalue weighted by atomic mass is 35.5. The topological polar surface area (TPSA) is 57.3 Å². The zero-order chi connectivity index (χ0) is 20.6. The summed E-state index contributed by atoms with van der Waals surface area (Å²) >= 11 is 12.4. The second-order valence-corrected chi connectivity index (χ2v) is 9.00. The van der Waals surface area contributed by atoms with Gasteiger partial charge in [-0.1, -0.05) is 36.5 Å². The van der Waals surface area contributed by atoms with Crippen molar-refractivity contribution in [3.63, 3.8) is 0 Å². The zero-order valence-electron chi connectivity index (χ0n) is 16.8. The number of fused-ring (bicyclic) bond motifs is 3. The first-order valence-electron chi connectivity index (χ1n) is 10.1. The van der Waals surface area contributed by atoms with E-state index in [0.29, 0.717) is 16.7 Å². The van der Waals surface area contributed by atoms with Crippen molar-refractivity contribution in [1.29, 1.82) is 0 Å². The average Bonchev–Trinajstić information content (AvgIpc) is 2.91. The van der Waals surface area contributed by atoms with Gasteiger partial charge in [-0.2, -0.15) is 0 Å². The standard InChI is InChI=1S/C22H26Cl2N4O/c1-3-7-22-14-25-10-8-21(22,2)28(18-5-4-16(23)12-17(18)22)20(29)27-13-15-6-9-26-19(24)11-15/h4-6,9,11-12,25H,3,7-8,10,13-14H2,1-2H3,(H,27,29). The number of anilines is 1. The molecule has 1 fully saturated rings. The summed E-state index contributed by atoms with van der Waals surface area (Å²) in [6.45, 7) is 6.54. The molecule has 2 aliphatic rings. The van der Waals surface area contributed by atoms with Crippen LogP contribution in [-0.2, 0) is 12.0 Å². The molecule has 0 aliphatic carbocycles. The lowest BCUT2D eigenvalue weighted by Gasteiger charge is -2.51. The van der Waals surface area contributed by atoms with Crippen molar-refractivity contribution in [3.05, 3.63) is 57.8 Å². The molecule has 29 heavy (non-hydrogen) atoms. The predicted molar refractivity (Wildman–Crippen MR) is 118 cm³/mol. The Morgan fingerprint density at radius 3 is 2.90 bits per heavy atom. The van der Waals surface area contributed by atoms with E-state index >= 15 is 0 Å². The average molecular weight is 433 g/mol. The van der Waals surface area contributed by atoms with Crippen molar-refractivity contribution >= 4 is 34.9 Å². The molecule has 2 atom stereocenters. The summed E-state index contributed by atoms with van der Waals surface area (Å²) in [5, 5.41) is 7.79. The van der Waals surface area contributed by atoms with E-state index in [9.17, 15) is 4.79 Å². The molecule has 0 saturated carbocycles. The summed E-state index contributed by atoms with van der Waals surface area (Å²) in [6.07, 6.45) is 4.56. The van der Waals surface area contributed by atoms with Crippen LogP contribution in [0.15, 0.2) is 36.5 Å². The minimum absolute atomic E-state index is 0.0936. The lowest BCUT2D eigenvalue weighted by molar-refractivity contribution is 0.167. The number of hydrogen-bond donors (Lipinski definition) is 2.